The van der Waals surface area contributed by atoms with Crippen LogP contribution in [0.3, 0.4) is 0 Å². The lowest BCUT2D eigenvalue weighted by Gasteiger charge is -2.04. The van der Waals surface area contributed by atoms with Gasteiger partial charge in [-0.05, 0) is 36.4 Å². The van der Waals surface area contributed by atoms with E-state index in [2.05, 4.69) is 15.3 Å². The van der Waals surface area contributed by atoms with Gasteiger partial charge in [-0.3, -0.25) is 4.79 Å². The third-order valence-electron chi connectivity index (χ3n) is 2.86. The molecule has 0 aliphatic rings. The Balaban J connectivity index is 1.81. The number of hydrogen-bond acceptors (Lipinski definition) is 5. The summed E-state index contributed by atoms with van der Waals surface area (Å²) in [6.07, 6.45) is 1.67. The van der Waals surface area contributed by atoms with Crippen LogP contribution in [-0.2, 0) is 9.53 Å². The van der Waals surface area contributed by atoms with Gasteiger partial charge in [0.2, 0.25) is 11.8 Å². The van der Waals surface area contributed by atoms with Gasteiger partial charge in [0.05, 0.1) is 0 Å². The number of hydrogen-bond donors (Lipinski definition) is 1. The lowest BCUT2D eigenvalue weighted by Crippen LogP contribution is -2.16. The van der Waals surface area contributed by atoms with Gasteiger partial charge in [0.15, 0.2) is 11.2 Å². The second kappa shape index (κ2) is 5.72. The first-order chi connectivity index (χ1) is 10.3. The number of nitrogens with zero attached hydrogens (tertiary/aromatic N) is 2. The number of anilines is 1. The smallest absolute Gasteiger partial charge is 0.250 e. The third-order valence-corrected chi connectivity index (χ3v) is 2.86. The van der Waals surface area contributed by atoms with Crippen LogP contribution in [0.1, 0.15) is 0 Å². The van der Waals surface area contributed by atoms with E-state index in [1.807, 2.05) is 18.2 Å². The van der Waals surface area contributed by atoms with Crippen LogP contribution in [0.15, 0.2) is 47.0 Å². The zero-order valence-corrected chi connectivity index (χ0v) is 11.4. The largest absolute Gasteiger partial charge is 0.434 e. The van der Waals surface area contributed by atoms with E-state index >= 15 is 0 Å². The van der Waals surface area contributed by atoms with E-state index in [4.69, 9.17) is 9.15 Å². The monoisotopic (exact) mass is 283 g/mol. The summed E-state index contributed by atoms with van der Waals surface area (Å²) < 4.78 is 10.4. The minimum Gasteiger partial charge on any atom is -0.434 e. The normalized spacial score (nSPS) is 10.7. The number of nitrogens with one attached hydrogen (secondary N) is 1. The van der Waals surface area contributed by atoms with Gasteiger partial charge in [0.25, 0.3) is 0 Å². The molecular formula is C15H13N3O3. The van der Waals surface area contributed by atoms with Crippen LogP contribution in [0.25, 0.3) is 22.7 Å². The number of benzene rings is 1. The quantitative estimate of drug-likeness (QED) is 0.796. The van der Waals surface area contributed by atoms with Gasteiger partial charge >= 0.3 is 0 Å². The average Bonchev–Trinajstić information content (AvgIpc) is 2.92. The number of oxazole rings is 1. The average molecular weight is 283 g/mol. The summed E-state index contributed by atoms with van der Waals surface area (Å²) in [5.74, 6) is 0.301. The van der Waals surface area contributed by atoms with Crippen molar-refractivity contribution in [1.29, 1.82) is 0 Å². The molecule has 0 radical (unpaired) electrons. The van der Waals surface area contributed by atoms with Crippen molar-refractivity contribution < 1.29 is 13.9 Å². The summed E-state index contributed by atoms with van der Waals surface area (Å²) in [5, 5.41) is 2.72. The van der Waals surface area contributed by atoms with E-state index < -0.39 is 0 Å². The molecule has 0 saturated heterocycles. The number of rotatable bonds is 4. The fourth-order valence-corrected chi connectivity index (χ4v) is 1.92. The van der Waals surface area contributed by atoms with Crippen LogP contribution in [0.2, 0.25) is 0 Å². The molecule has 0 unspecified atom stereocenters. The van der Waals surface area contributed by atoms with Crippen molar-refractivity contribution in [2.75, 3.05) is 19.0 Å². The fraction of sp³-hybridized carbons (Fsp3) is 0.133. The minimum atomic E-state index is -0.198. The van der Waals surface area contributed by atoms with Crippen molar-refractivity contribution in [2.24, 2.45) is 0 Å². The molecule has 1 amide bonds. The lowest BCUT2D eigenvalue weighted by atomic mass is 10.2. The molecule has 0 saturated carbocycles. The lowest BCUT2D eigenvalue weighted by molar-refractivity contribution is -0.119. The summed E-state index contributed by atoms with van der Waals surface area (Å²) in [7, 11) is 1.48. The van der Waals surface area contributed by atoms with Gasteiger partial charge in [-0.2, -0.15) is 4.98 Å². The van der Waals surface area contributed by atoms with Crippen molar-refractivity contribution in [3.63, 3.8) is 0 Å². The van der Waals surface area contributed by atoms with Gasteiger partial charge in [-0.1, -0.05) is 0 Å². The van der Waals surface area contributed by atoms with Crippen LogP contribution in [0, 0.1) is 0 Å². The van der Waals surface area contributed by atoms with E-state index in [-0.39, 0.29) is 12.5 Å². The maximum Gasteiger partial charge on any atom is 0.250 e. The standard InChI is InChI=1S/C15H13N3O3/c1-20-9-13(19)17-11-6-4-10(5-7-11)15-18-14-12(21-15)3-2-8-16-14/h2-8H,9H2,1H3,(H,17,19). The molecule has 21 heavy (non-hydrogen) atoms. The van der Waals surface area contributed by atoms with Crippen molar-refractivity contribution in [2.45, 2.75) is 0 Å². The number of fused-ring (bicyclic) bond motifs is 1. The minimum absolute atomic E-state index is 0.0263. The molecule has 1 N–H and O–H groups in total. The van der Waals surface area contributed by atoms with Crippen molar-refractivity contribution in [3.05, 3.63) is 42.6 Å². The molecule has 0 aliphatic heterocycles. The Morgan fingerprint density at radius 3 is 2.81 bits per heavy atom. The second-order valence-electron chi connectivity index (χ2n) is 4.40. The number of carbonyl (C=O) groups is 1. The van der Waals surface area contributed by atoms with Crippen molar-refractivity contribution in [1.82, 2.24) is 9.97 Å². The Bertz CT molecular complexity index is 732. The molecule has 6 heteroatoms. The molecule has 3 aromatic rings. The predicted molar refractivity (Wildman–Crippen MR) is 77.7 cm³/mol. The first-order valence-corrected chi connectivity index (χ1v) is 6.37. The van der Waals surface area contributed by atoms with Crippen LogP contribution in [0.4, 0.5) is 5.69 Å². The van der Waals surface area contributed by atoms with Gasteiger partial charge in [-0.15, -0.1) is 0 Å². The molecular weight excluding hydrogens is 270 g/mol. The van der Waals surface area contributed by atoms with E-state index in [1.54, 1.807) is 24.4 Å². The van der Waals surface area contributed by atoms with E-state index in [0.29, 0.717) is 22.8 Å². The predicted octanol–water partition coefficient (Wildman–Crippen LogP) is 2.47. The molecule has 3 rings (SSSR count). The molecule has 0 aliphatic carbocycles. The number of pyridine rings is 1. The Kier molecular flexibility index (Phi) is 3.61. The van der Waals surface area contributed by atoms with E-state index in [9.17, 15) is 4.79 Å². The first kappa shape index (κ1) is 13.3. The zero-order chi connectivity index (χ0) is 14.7. The fourth-order valence-electron chi connectivity index (χ4n) is 1.92. The Hall–Kier alpha value is -2.73. The molecule has 1 aromatic carbocycles. The van der Waals surface area contributed by atoms with E-state index in [0.717, 1.165) is 5.56 Å². The number of methoxy groups -OCH3 is 1. The number of amides is 1. The van der Waals surface area contributed by atoms with Gasteiger partial charge in [0.1, 0.15) is 6.61 Å². The highest BCUT2D eigenvalue weighted by atomic mass is 16.5. The Morgan fingerprint density at radius 1 is 1.29 bits per heavy atom. The SMILES string of the molecule is COCC(=O)Nc1ccc(-c2nc3ncccc3o2)cc1. The van der Waals surface area contributed by atoms with Crippen molar-refractivity contribution >= 4 is 22.8 Å². The number of ether oxygens (including phenoxy) is 1. The molecule has 2 aromatic heterocycles. The van der Waals surface area contributed by atoms with Crippen LogP contribution in [0.5, 0.6) is 0 Å². The van der Waals surface area contributed by atoms with Crippen molar-refractivity contribution in [3.8, 4) is 11.5 Å². The van der Waals surface area contributed by atoms with Gasteiger partial charge in [-0.25, -0.2) is 4.98 Å². The molecule has 0 bridgehead atoms. The van der Waals surface area contributed by atoms with Gasteiger partial charge < -0.3 is 14.5 Å². The molecule has 0 atom stereocenters. The highest BCUT2D eigenvalue weighted by Crippen LogP contribution is 2.24. The molecule has 0 fully saturated rings. The maximum atomic E-state index is 11.4. The third kappa shape index (κ3) is 2.90. The second-order valence-corrected chi connectivity index (χ2v) is 4.40. The van der Waals surface area contributed by atoms with E-state index in [1.165, 1.54) is 7.11 Å². The highest BCUT2D eigenvalue weighted by Gasteiger charge is 2.09. The number of aromatic nitrogens is 2. The summed E-state index contributed by atoms with van der Waals surface area (Å²) in [6, 6.07) is 10.8. The van der Waals surface area contributed by atoms with Crippen LogP contribution < -0.4 is 5.32 Å². The van der Waals surface area contributed by atoms with Gasteiger partial charge in [0, 0.05) is 24.6 Å². The molecule has 6 nitrogen and oxygen atoms in total. The Morgan fingerprint density at radius 2 is 2.10 bits per heavy atom. The Labute approximate surface area is 120 Å². The highest BCUT2D eigenvalue weighted by molar-refractivity contribution is 5.91. The maximum absolute atomic E-state index is 11.4. The van der Waals surface area contributed by atoms with Crippen LogP contribution >= 0.6 is 0 Å². The summed E-state index contributed by atoms with van der Waals surface area (Å²) >= 11 is 0. The summed E-state index contributed by atoms with van der Waals surface area (Å²) in [4.78, 5) is 19.9. The zero-order valence-electron chi connectivity index (χ0n) is 11.4. The molecule has 2 heterocycles. The number of carbonyl (C=O) groups excluding carboxylic acids is 1. The molecule has 0 spiro atoms. The molecule has 106 valence electrons. The topological polar surface area (TPSA) is 77.2 Å². The summed E-state index contributed by atoms with van der Waals surface area (Å²) in [6.45, 7) is 0.0263. The summed E-state index contributed by atoms with van der Waals surface area (Å²) in [5.41, 5.74) is 2.72. The first-order valence-electron chi connectivity index (χ1n) is 6.37. The van der Waals surface area contributed by atoms with Crippen LogP contribution in [-0.4, -0.2) is 29.6 Å².